The van der Waals surface area contributed by atoms with Crippen LogP contribution in [-0.2, 0) is 24.4 Å². The Balaban J connectivity index is 1.34. The Kier molecular flexibility index (Phi) is 6.77. The quantitative estimate of drug-likeness (QED) is 0.376. The van der Waals surface area contributed by atoms with E-state index in [1.165, 1.54) is 0 Å². The van der Waals surface area contributed by atoms with E-state index in [9.17, 15) is 4.79 Å². The lowest BCUT2D eigenvalue weighted by molar-refractivity contribution is -0.136. The number of thiazole rings is 1. The monoisotopic (exact) mass is 446 g/mol. The van der Waals surface area contributed by atoms with Gasteiger partial charge in [0.15, 0.2) is 0 Å². The maximum atomic E-state index is 11.0. The summed E-state index contributed by atoms with van der Waals surface area (Å²) < 4.78 is 11.7. The summed E-state index contributed by atoms with van der Waals surface area (Å²) in [5, 5.41) is 10.0. The zero-order valence-corrected chi connectivity index (χ0v) is 18.3. The van der Waals surface area contributed by atoms with Crippen molar-refractivity contribution in [3.05, 3.63) is 94.6 Å². The summed E-state index contributed by atoms with van der Waals surface area (Å²) in [5.74, 6) is 0.158. The van der Waals surface area contributed by atoms with Crippen molar-refractivity contribution >= 4 is 17.3 Å². The summed E-state index contributed by atoms with van der Waals surface area (Å²) in [6.07, 6.45) is 1.46. The van der Waals surface area contributed by atoms with Crippen LogP contribution in [0, 0.1) is 6.92 Å². The number of carboxylic acids is 1. The average molecular weight is 447 g/mol. The number of aryl methyl sites for hydroxylation is 1. The van der Waals surface area contributed by atoms with Crippen molar-refractivity contribution in [2.45, 2.75) is 26.6 Å². The molecule has 4 rings (SSSR count). The van der Waals surface area contributed by atoms with Gasteiger partial charge in [-0.25, -0.2) is 9.97 Å². The van der Waals surface area contributed by atoms with E-state index in [4.69, 9.17) is 19.6 Å². The maximum absolute atomic E-state index is 11.0. The van der Waals surface area contributed by atoms with Gasteiger partial charge in [-0.1, -0.05) is 48.5 Å². The number of pyridine rings is 1. The Bertz CT molecular complexity index is 1190. The first-order valence-corrected chi connectivity index (χ1v) is 10.9. The number of benzene rings is 2. The third-order valence-corrected chi connectivity index (χ3v) is 5.84. The van der Waals surface area contributed by atoms with Crippen LogP contribution in [0.15, 0.2) is 72.9 Å². The van der Waals surface area contributed by atoms with Gasteiger partial charge in [0.2, 0.25) is 5.88 Å². The van der Waals surface area contributed by atoms with E-state index in [0.717, 1.165) is 32.5 Å². The smallest absolute Gasteiger partial charge is 0.308 e. The van der Waals surface area contributed by atoms with E-state index < -0.39 is 5.97 Å². The zero-order chi connectivity index (χ0) is 22.3. The van der Waals surface area contributed by atoms with Crippen LogP contribution >= 0.6 is 11.3 Å². The molecule has 0 aliphatic heterocycles. The Labute approximate surface area is 190 Å². The number of carboxylic acid groups (broad SMARTS) is 1. The molecule has 162 valence electrons. The Hall–Kier alpha value is -3.71. The van der Waals surface area contributed by atoms with E-state index in [1.807, 2.05) is 42.5 Å². The van der Waals surface area contributed by atoms with Gasteiger partial charge in [0, 0.05) is 22.2 Å². The largest absolute Gasteiger partial charge is 0.487 e. The number of carbonyl (C=O) groups is 1. The summed E-state index contributed by atoms with van der Waals surface area (Å²) in [6.45, 7) is 2.74. The number of aliphatic carboxylic acids is 1. The van der Waals surface area contributed by atoms with Crippen LogP contribution < -0.4 is 9.47 Å². The number of rotatable bonds is 9. The zero-order valence-electron chi connectivity index (χ0n) is 17.5. The van der Waals surface area contributed by atoms with Crippen LogP contribution in [-0.4, -0.2) is 21.0 Å². The van der Waals surface area contributed by atoms with E-state index in [1.54, 1.807) is 29.7 Å². The van der Waals surface area contributed by atoms with Gasteiger partial charge >= 0.3 is 5.97 Å². The number of hydrogen-bond acceptors (Lipinski definition) is 6. The number of hydrogen-bond donors (Lipinski definition) is 1. The molecule has 0 amide bonds. The molecule has 1 N–H and O–H groups in total. The Morgan fingerprint density at radius 3 is 2.50 bits per heavy atom. The summed E-state index contributed by atoms with van der Waals surface area (Å²) in [7, 11) is 0. The second-order valence-electron chi connectivity index (χ2n) is 7.15. The predicted molar refractivity (Wildman–Crippen MR) is 123 cm³/mol. The molecule has 0 saturated carbocycles. The molecular formula is C25H22N2O4S. The van der Waals surface area contributed by atoms with E-state index in [0.29, 0.717) is 18.1 Å². The summed E-state index contributed by atoms with van der Waals surface area (Å²) in [4.78, 5) is 21.0. The molecule has 6 nitrogen and oxygen atoms in total. The molecule has 0 atom stereocenters. The lowest BCUT2D eigenvalue weighted by Crippen LogP contribution is -2.05. The first-order valence-electron chi connectivity index (χ1n) is 10.1. The fourth-order valence-corrected chi connectivity index (χ4v) is 4.03. The minimum Gasteiger partial charge on any atom is -0.487 e. The van der Waals surface area contributed by atoms with Gasteiger partial charge < -0.3 is 14.6 Å². The highest BCUT2D eigenvalue weighted by Crippen LogP contribution is 2.28. The number of aromatic nitrogens is 2. The summed E-state index contributed by atoms with van der Waals surface area (Å²) >= 11 is 1.66. The molecule has 2 heterocycles. The molecule has 0 bridgehead atoms. The van der Waals surface area contributed by atoms with Crippen LogP contribution in [0.5, 0.6) is 11.6 Å². The van der Waals surface area contributed by atoms with Gasteiger partial charge in [-0.2, -0.15) is 0 Å². The van der Waals surface area contributed by atoms with Crippen LogP contribution in [0.25, 0.3) is 10.6 Å². The maximum Gasteiger partial charge on any atom is 0.308 e. The van der Waals surface area contributed by atoms with Crippen molar-refractivity contribution in [1.82, 2.24) is 9.97 Å². The molecule has 2 aromatic heterocycles. The second-order valence-corrected chi connectivity index (χ2v) is 8.35. The van der Waals surface area contributed by atoms with Crippen molar-refractivity contribution in [1.29, 1.82) is 0 Å². The molecule has 0 unspecified atom stereocenters. The molecule has 4 aromatic rings. The van der Waals surface area contributed by atoms with Crippen molar-refractivity contribution in [3.63, 3.8) is 0 Å². The van der Waals surface area contributed by atoms with Crippen LogP contribution in [0.3, 0.4) is 0 Å². The van der Waals surface area contributed by atoms with Gasteiger partial charge in [-0.05, 0) is 30.7 Å². The van der Waals surface area contributed by atoms with Gasteiger partial charge in [-0.3, -0.25) is 4.79 Å². The topological polar surface area (TPSA) is 81.5 Å². The van der Waals surface area contributed by atoms with Crippen molar-refractivity contribution in [2.75, 3.05) is 0 Å². The van der Waals surface area contributed by atoms with Gasteiger partial charge in [0.1, 0.15) is 24.0 Å². The van der Waals surface area contributed by atoms with Crippen molar-refractivity contribution < 1.29 is 19.4 Å². The number of nitrogens with zero attached hydrogens (tertiary/aromatic N) is 2. The predicted octanol–water partition coefficient (Wildman–Crippen LogP) is 5.30. The first kappa shape index (κ1) is 21.5. The average Bonchev–Trinajstić information content (AvgIpc) is 3.18. The van der Waals surface area contributed by atoms with Gasteiger partial charge in [0.25, 0.3) is 0 Å². The van der Waals surface area contributed by atoms with Crippen molar-refractivity contribution in [3.8, 4) is 22.2 Å². The van der Waals surface area contributed by atoms with Gasteiger partial charge in [0.05, 0.1) is 12.1 Å². The first-order chi connectivity index (χ1) is 15.6. The number of ether oxygens (including phenoxy) is 2. The molecular weight excluding hydrogens is 424 g/mol. The lowest BCUT2D eigenvalue weighted by Gasteiger charge is -2.10. The van der Waals surface area contributed by atoms with Crippen molar-refractivity contribution in [2.24, 2.45) is 0 Å². The van der Waals surface area contributed by atoms with E-state index >= 15 is 0 Å². The SMILES string of the molecule is Cc1sc(-c2ccccc2)nc1COc1ccc(COc2ncccc2CC(=O)O)cc1. The standard InChI is InChI=1S/C25H22N2O4S/c1-17-22(27-25(32-17)19-6-3-2-4-7-19)16-30-21-11-9-18(10-12-21)15-31-24-20(14-23(28)29)8-5-13-26-24/h2-13H,14-16H2,1H3,(H,28,29). The molecule has 0 aliphatic rings. The third-order valence-electron chi connectivity index (χ3n) is 4.78. The van der Waals surface area contributed by atoms with E-state index in [2.05, 4.69) is 24.0 Å². The molecule has 2 aromatic carbocycles. The molecule has 0 radical (unpaired) electrons. The minimum atomic E-state index is -0.921. The van der Waals surface area contributed by atoms with Gasteiger partial charge in [-0.15, -0.1) is 11.3 Å². The summed E-state index contributed by atoms with van der Waals surface area (Å²) in [6, 6.07) is 21.1. The summed E-state index contributed by atoms with van der Waals surface area (Å²) in [5.41, 5.74) is 3.52. The fourth-order valence-electron chi connectivity index (χ4n) is 3.10. The van der Waals surface area contributed by atoms with E-state index in [-0.39, 0.29) is 13.0 Å². The van der Waals surface area contributed by atoms with Crippen LogP contribution in [0.4, 0.5) is 0 Å². The third kappa shape index (κ3) is 5.50. The minimum absolute atomic E-state index is 0.127. The normalized spacial score (nSPS) is 10.7. The Morgan fingerprint density at radius 2 is 1.75 bits per heavy atom. The highest BCUT2D eigenvalue weighted by molar-refractivity contribution is 7.15. The lowest BCUT2D eigenvalue weighted by atomic mass is 10.2. The molecule has 0 aliphatic carbocycles. The molecule has 7 heteroatoms. The second kappa shape index (κ2) is 10.1. The fraction of sp³-hybridized carbons (Fsp3) is 0.160. The highest BCUT2D eigenvalue weighted by Gasteiger charge is 2.11. The molecule has 32 heavy (non-hydrogen) atoms. The molecule has 0 saturated heterocycles. The molecule has 0 fully saturated rings. The Morgan fingerprint density at radius 1 is 0.969 bits per heavy atom. The van der Waals surface area contributed by atoms with Crippen LogP contribution in [0.2, 0.25) is 0 Å². The van der Waals surface area contributed by atoms with Crippen LogP contribution in [0.1, 0.15) is 21.7 Å². The molecule has 0 spiro atoms. The highest BCUT2D eigenvalue weighted by atomic mass is 32.1.